The molecule has 0 bridgehead atoms. The fourth-order valence-corrected chi connectivity index (χ4v) is 3.03. The van der Waals surface area contributed by atoms with E-state index < -0.39 is 0 Å². The molecule has 0 atom stereocenters. The predicted octanol–water partition coefficient (Wildman–Crippen LogP) is 3.77. The lowest BCUT2D eigenvalue weighted by molar-refractivity contribution is 0.0924. The number of nitrogens with zero attached hydrogens (tertiary/aromatic N) is 4. The van der Waals surface area contributed by atoms with E-state index in [9.17, 15) is 4.79 Å². The van der Waals surface area contributed by atoms with Crippen LogP contribution in [-0.4, -0.2) is 25.1 Å². The van der Waals surface area contributed by atoms with Crippen molar-refractivity contribution in [3.63, 3.8) is 0 Å². The van der Waals surface area contributed by atoms with Crippen molar-refractivity contribution < 1.29 is 9.21 Å². The third-order valence-electron chi connectivity index (χ3n) is 4.63. The van der Waals surface area contributed by atoms with Gasteiger partial charge in [0.25, 0.3) is 5.91 Å². The Morgan fingerprint density at radius 3 is 2.93 bits per heavy atom. The summed E-state index contributed by atoms with van der Waals surface area (Å²) in [6.07, 6.45) is 8.34. The maximum Gasteiger partial charge on any atom is 0.287 e. The highest BCUT2D eigenvalue weighted by molar-refractivity contribution is 5.91. The molecule has 0 aliphatic rings. The molecule has 0 aliphatic heterocycles. The predicted molar refractivity (Wildman–Crippen MR) is 106 cm³/mol. The summed E-state index contributed by atoms with van der Waals surface area (Å²) in [5.41, 5.74) is 2.71. The molecule has 4 aromatic heterocycles. The van der Waals surface area contributed by atoms with Crippen LogP contribution in [0.4, 0.5) is 0 Å². The van der Waals surface area contributed by atoms with Gasteiger partial charge in [0.05, 0.1) is 0 Å². The van der Waals surface area contributed by atoms with Crippen LogP contribution in [0, 0.1) is 5.92 Å². The first-order chi connectivity index (χ1) is 13.6. The molecule has 0 unspecified atom stereocenters. The van der Waals surface area contributed by atoms with E-state index in [2.05, 4.69) is 29.2 Å². The van der Waals surface area contributed by atoms with Crippen LogP contribution >= 0.6 is 0 Å². The van der Waals surface area contributed by atoms with Crippen molar-refractivity contribution >= 4 is 11.6 Å². The molecular formula is C21H23N5O2. The number of aryl methyl sites for hydroxylation is 1. The van der Waals surface area contributed by atoms with Crippen LogP contribution in [0.2, 0.25) is 0 Å². The summed E-state index contributed by atoms with van der Waals surface area (Å²) >= 11 is 0. The number of imidazole rings is 1. The van der Waals surface area contributed by atoms with E-state index in [-0.39, 0.29) is 11.7 Å². The van der Waals surface area contributed by atoms with E-state index in [1.54, 1.807) is 18.5 Å². The second-order valence-electron chi connectivity index (χ2n) is 7.20. The van der Waals surface area contributed by atoms with E-state index in [0.717, 1.165) is 29.9 Å². The molecule has 7 nitrogen and oxygen atoms in total. The molecule has 1 N–H and O–H groups in total. The minimum Gasteiger partial charge on any atom is -0.449 e. The van der Waals surface area contributed by atoms with Crippen LogP contribution in [-0.2, 0) is 13.1 Å². The molecule has 0 aromatic carbocycles. The van der Waals surface area contributed by atoms with Gasteiger partial charge in [-0.15, -0.1) is 0 Å². The zero-order valence-electron chi connectivity index (χ0n) is 16.0. The Morgan fingerprint density at radius 1 is 1.18 bits per heavy atom. The lowest BCUT2D eigenvalue weighted by atomic mass is 10.1. The molecule has 4 aromatic rings. The Kier molecular flexibility index (Phi) is 4.97. The highest BCUT2D eigenvalue weighted by Gasteiger charge is 2.15. The van der Waals surface area contributed by atoms with E-state index in [1.165, 1.54) is 0 Å². The van der Waals surface area contributed by atoms with Crippen molar-refractivity contribution in [3.8, 4) is 11.5 Å². The van der Waals surface area contributed by atoms with Crippen molar-refractivity contribution in [2.24, 2.45) is 5.92 Å². The Balaban J connectivity index is 1.42. The fourth-order valence-electron chi connectivity index (χ4n) is 3.03. The highest BCUT2D eigenvalue weighted by atomic mass is 16.4. The van der Waals surface area contributed by atoms with Crippen molar-refractivity contribution in [3.05, 3.63) is 66.4 Å². The summed E-state index contributed by atoms with van der Waals surface area (Å²) in [6.45, 7) is 5.59. The minimum absolute atomic E-state index is 0.247. The Morgan fingerprint density at radius 2 is 2.07 bits per heavy atom. The molecule has 4 rings (SSSR count). The number of furan rings is 1. The first kappa shape index (κ1) is 18.0. The number of amides is 1. The lowest BCUT2D eigenvalue weighted by Gasteiger charge is -2.07. The van der Waals surface area contributed by atoms with Gasteiger partial charge in [-0.3, -0.25) is 9.48 Å². The van der Waals surface area contributed by atoms with Gasteiger partial charge in [-0.25, -0.2) is 4.98 Å². The van der Waals surface area contributed by atoms with Crippen LogP contribution in [0.5, 0.6) is 0 Å². The molecule has 0 radical (unpaired) electrons. The molecular weight excluding hydrogens is 354 g/mol. The number of hydrogen-bond acceptors (Lipinski definition) is 4. The molecule has 4 heterocycles. The normalized spacial score (nSPS) is 11.4. The van der Waals surface area contributed by atoms with Crippen molar-refractivity contribution in [2.75, 3.05) is 0 Å². The number of rotatable bonds is 7. The fraction of sp³-hybridized carbons (Fsp3) is 0.286. The molecule has 7 heteroatoms. The number of fused-ring (bicyclic) bond motifs is 1. The van der Waals surface area contributed by atoms with Crippen molar-refractivity contribution in [1.29, 1.82) is 0 Å². The quantitative estimate of drug-likeness (QED) is 0.532. The zero-order valence-corrected chi connectivity index (χ0v) is 16.0. The van der Waals surface area contributed by atoms with Gasteiger partial charge in [0.1, 0.15) is 11.3 Å². The molecule has 0 aliphatic carbocycles. The SMILES string of the molecule is CC(C)CCn1nccc1-c1ccc(C(=O)NCc2ccn3ccnc3c2)o1. The van der Waals surface area contributed by atoms with Crippen LogP contribution in [0.15, 0.2) is 59.5 Å². The van der Waals surface area contributed by atoms with Gasteiger partial charge in [-0.2, -0.15) is 5.10 Å². The van der Waals surface area contributed by atoms with Crippen LogP contribution in [0.25, 0.3) is 17.1 Å². The van der Waals surface area contributed by atoms with Gasteiger partial charge < -0.3 is 14.1 Å². The van der Waals surface area contributed by atoms with Crippen molar-refractivity contribution in [2.45, 2.75) is 33.4 Å². The monoisotopic (exact) mass is 377 g/mol. The number of nitrogens with one attached hydrogen (secondary N) is 1. The van der Waals surface area contributed by atoms with Gasteiger partial charge in [0.2, 0.25) is 0 Å². The average molecular weight is 377 g/mol. The molecule has 28 heavy (non-hydrogen) atoms. The first-order valence-electron chi connectivity index (χ1n) is 9.42. The largest absolute Gasteiger partial charge is 0.449 e. The summed E-state index contributed by atoms with van der Waals surface area (Å²) < 4.78 is 9.63. The Hall–Kier alpha value is -3.35. The minimum atomic E-state index is -0.247. The smallest absolute Gasteiger partial charge is 0.287 e. The highest BCUT2D eigenvalue weighted by Crippen LogP contribution is 2.22. The second kappa shape index (κ2) is 7.72. The van der Waals surface area contributed by atoms with E-state index >= 15 is 0 Å². The number of hydrogen-bond donors (Lipinski definition) is 1. The topological polar surface area (TPSA) is 77.4 Å². The van der Waals surface area contributed by atoms with E-state index in [0.29, 0.717) is 18.2 Å². The third kappa shape index (κ3) is 3.83. The molecule has 0 saturated carbocycles. The molecule has 1 amide bonds. The lowest BCUT2D eigenvalue weighted by Crippen LogP contribution is -2.22. The number of carbonyl (C=O) groups is 1. The maximum atomic E-state index is 12.5. The maximum absolute atomic E-state index is 12.5. The van der Waals surface area contributed by atoms with Crippen molar-refractivity contribution in [1.82, 2.24) is 24.5 Å². The molecule has 0 fully saturated rings. The van der Waals surface area contributed by atoms with E-state index in [1.807, 2.05) is 45.7 Å². The third-order valence-corrected chi connectivity index (χ3v) is 4.63. The van der Waals surface area contributed by atoms with Crippen LogP contribution in [0.3, 0.4) is 0 Å². The summed E-state index contributed by atoms with van der Waals surface area (Å²) in [4.78, 5) is 16.7. The molecule has 0 saturated heterocycles. The summed E-state index contributed by atoms with van der Waals surface area (Å²) in [5.74, 6) is 1.28. The molecule has 144 valence electrons. The van der Waals surface area contributed by atoms with Gasteiger partial charge in [0.15, 0.2) is 11.5 Å². The first-order valence-corrected chi connectivity index (χ1v) is 9.42. The van der Waals surface area contributed by atoms with E-state index in [4.69, 9.17) is 4.42 Å². The van der Waals surface area contributed by atoms with Crippen LogP contribution < -0.4 is 5.32 Å². The number of aromatic nitrogens is 4. The zero-order chi connectivity index (χ0) is 19.5. The summed E-state index contributed by atoms with van der Waals surface area (Å²) in [6, 6.07) is 9.31. The number of carbonyl (C=O) groups excluding carboxylic acids is 1. The Labute approximate surface area is 163 Å². The van der Waals surface area contributed by atoms with Crippen LogP contribution in [0.1, 0.15) is 36.4 Å². The second-order valence-corrected chi connectivity index (χ2v) is 7.20. The standard InChI is InChI=1S/C21H23N5O2/c1-15(2)6-11-26-17(5-8-24-26)18-3-4-19(28-18)21(27)23-14-16-7-10-25-12-9-22-20(25)13-16/h3-5,7-10,12-13,15H,6,11,14H2,1-2H3,(H,23,27). The number of pyridine rings is 1. The van der Waals surface area contributed by atoms with Gasteiger partial charge in [-0.05, 0) is 48.2 Å². The van der Waals surface area contributed by atoms with Gasteiger partial charge >= 0.3 is 0 Å². The Bertz CT molecular complexity index is 1090. The summed E-state index contributed by atoms with van der Waals surface area (Å²) in [5, 5.41) is 7.26. The van der Waals surface area contributed by atoms with Gasteiger partial charge in [-0.1, -0.05) is 13.8 Å². The average Bonchev–Trinajstić information content (AvgIpc) is 3.43. The summed E-state index contributed by atoms with van der Waals surface area (Å²) in [7, 11) is 0. The molecule has 0 spiro atoms. The van der Waals surface area contributed by atoms with Gasteiger partial charge in [0, 0.05) is 37.9 Å².